The minimum absolute atomic E-state index is 0.265. The first-order chi connectivity index (χ1) is 7.11. The lowest BCUT2D eigenvalue weighted by molar-refractivity contribution is -0.137. The van der Waals surface area contributed by atoms with Gasteiger partial charge in [-0.25, -0.2) is 13.6 Å². The van der Waals surface area contributed by atoms with Crippen LogP contribution in [-0.4, -0.2) is 12.6 Å². The summed E-state index contributed by atoms with van der Waals surface area (Å²) < 4.78 is 30.0. The summed E-state index contributed by atoms with van der Waals surface area (Å²) in [6.45, 7) is 1.94. The number of ether oxygens (including phenoxy) is 1. The van der Waals surface area contributed by atoms with Crippen molar-refractivity contribution in [1.29, 1.82) is 0 Å². The van der Waals surface area contributed by atoms with Gasteiger partial charge in [-0.2, -0.15) is 0 Å². The van der Waals surface area contributed by atoms with Gasteiger partial charge in [0.05, 0.1) is 6.61 Å². The van der Waals surface area contributed by atoms with Crippen molar-refractivity contribution < 1.29 is 18.3 Å². The number of rotatable bonds is 3. The third-order valence-corrected chi connectivity index (χ3v) is 1.58. The summed E-state index contributed by atoms with van der Waals surface area (Å²) in [5.74, 6) is -1.90. The van der Waals surface area contributed by atoms with Gasteiger partial charge in [0, 0.05) is 12.1 Å². The molecule has 80 valence electrons. The van der Waals surface area contributed by atoms with Crippen molar-refractivity contribution >= 4 is 12.0 Å². The minimum atomic E-state index is -0.682. The Kier molecular flexibility index (Phi) is 3.97. The van der Waals surface area contributed by atoms with E-state index in [0.29, 0.717) is 0 Å². The van der Waals surface area contributed by atoms with Crippen molar-refractivity contribution in [3.05, 3.63) is 41.5 Å². The van der Waals surface area contributed by atoms with E-state index in [1.54, 1.807) is 6.92 Å². The van der Waals surface area contributed by atoms with Crippen LogP contribution in [0.5, 0.6) is 0 Å². The lowest BCUT2D eigenvalue weighted by Gasteiger charge is -1.96. The van der Waals surface area contributed by atoms with Crippen molar-refractivity contribution in [2.45, 2.75) is 6.92 Å². The molecule has 0 fully saturated rings. The highest BCUT2D eigenvalue weighted by Gasteiger charge is 1.98. The molecule has 0 radical (unpaired) electrons. The third kappa shape index (κ3) is 3.89. The first-order valence-corrected chi connectivity index (χ1v) is 4.42. The number of carbonyl (C=O) groups is 1. The summed E-state index contributed by atoms with van der Waals surface area (Å²) in [4.78, 5) is 10.9. The quantitative estimate of drug-likeness (QED) is 0.568. The van der Waals surface area contributed by atoms with Gasteiger partial charge in [-0.15, -0.1) is 0 Å². The van der Waals surface area contributed by atoms with Crippen LogP contribution in [0.4, 0.5) is 8.78 Å². The molecule has 0 amide bonds. The number of hydrogen-bond donors (Lipinski definition) is 0. The highest BCUT2D eigenvalue weighted by atomic mass is 19.1. The fourth-order valence-corrected chi connectivity index (χ4v) is 1.03. The SMILES string of the molecule is CCOC(=O)/C=C/c1cc(F)cc(F)c1. The molecule has 2 nitrogen and oxygen atoms in total. The summed E-state index contributed by atoms with van der Waals surface area (Å²) in [7, 11) is 0. The van der Waals surface area contributed by atoms with E-state index in [9.17, 15) is 13.6 Å². The summed E-state index contributed by atoms with van der Waals surface area (Å²) in [6.07, 6.45) is 2.42. The van der Waals surface area contributed by atoms with Crippen LogP contribution in [0, 0.1) is 11.6 Å². The Hall–Kier alpha value is -1.71. The van der Waals surface area contributed by atoms with E-state index in [-0.39, 0.29) is 12.2 Å². The van der Waals surface area contributed by atoms with Gasteiger partial charge in [0.25, 0.3) is 0 Å². The van der Waals surface area contributed by atoms with Crippen molar-refractivity contribution in [3.63, 3.8) is 0 Å². The molecule has 4 heteroatoms. The third-order valence-electron chi connectivity index (χ3n) is 1.58. The molecule has 0 aliphatic heterocycles. The Morgan fingerprint density at radius 1 is 1.33 bits per heavy atom. The van der Waals surface area contributed by atoms with E-state index in [0.717, 1.165) is 24.3 Å². The zero-order valence-corrected chi connectivity index (χ0v) is 8.17. The molecule has 0 spiro atoms. The Balaban J connectivity index is 2.76. The van der Waals surface area contributed by atoms with Crippen LogP contribution in [0.3, 0.4) is 0 Å². The Labute approximate surface area is 86.2 Å². The lowest BCUT2D eigenvalue weighted by atomic mass is 10.2. The van der Waals surface area contributed by atoms with Crippen LogP contribution in [0.2, 0.25) is 0 Å². The second-order valence-electron chi connectivity index (χ2n) is 2.79. The van der Waals surface area contributed by atoms with Crippen molar-refractivity contribution in [3.8, 4) is 0 Å². The van der Waals surface area contributed by atoms with Crippen molar-refractivity contribution in [2.24, 2.45) is 0 Å². The van der Waals surface area contributed by atoms with Gasteiger partial charge in [-0.1, -0.05) is 0 Å². The van der Waals surface area contributed by atoms with E-state index < -0.39 is 17.6 Å². The molecule has 0 saturated carbocycles. The summed E-state index contributed by atoms with van der Waals surface area (Å²) in [6, 6.07) is 3.01. The smallest absolute Gasteiger partial charge is 0.330 e. The van der Waals surface area contributed by atoms with Crippen LogP contribution in [-0.2, 0) is 9.53 Å². The maximum Gasteiger partial charge on any atom is 0.330 e. The second-order valence-corrected chi connectivity index (χ2v) is 2.79. The largest absolute Gasteiger partial charge is 0.463 e. The Morgan fingerprint density at radius 2 is 1.93 bits per heavy atom. The van der Waals surface area contributed by atoms with Gasteiger partial charge in [-0.3, -0.25) is 0 Å². The van der Waals surface area contributed by atoms with Gasteiger partial charge in [0.1, 0.15) is 11.6 Å². The monoisotopic (exact) mass is 212 g/mol. The predicted octanol–water partition coefficient (Wildman–Crippen LogP) is 2.54. The van der Waals surface area contributed by atoms with Crippen LogP contribution in [0.1, 0.15) is 12.5 Å². The molecule has 0 aliphatic rings. The lowest BCUT2D eigenvalue weighted by Crippen LogP contribution is -1.98. The minimum Gasteiger partial charge on any atom is -0.463 e. The molecule has 15 heavy (non-hydrogen) atoms. The number of esters is 1. The molecule has 0 heterocycles. The van der Waals surface area contributed by atoms with Gasteiger partial charge < -0.3 is 4.74 Å². The number of halogens is 2. The molecular formula is C11H10F2O2. The second kappa shape index (κ2) is 5.24. The van der Waals surface area contributed by atoms with E-state index in [4.69, 9.17) is 0 Å². The molecule has 1 rings (SSSR count). The number of carbonyl (C=O) groups excluding carboxylic acids is 1. The molecule has 0 bridgehead atoms. The average Bonchev–Trinajstić information content (AvgIpc) is 2.14. The molecule has 1 aromatic carbocycles. The van der Waals surface area contributed by atoms with E-state index in [1.807, 2.05) is 0 Å². The standard InChI is InChI=1S/C11H10F2O2/c1-2-15-11(14)4-3-8-5-9(12)7-10(13)6-8/h3-7H,2H2,1H3/b4-3+. The van der Waals surface area contributed by atoms with E-state index in [2.05, 4.69) is 4.74 Å². The number of hydrogen-bond acceptors (Lipinski definition) is 2. The summed E-state index contributed by atoms with van der Waals surface area (Å²) in [5.41, 5.74) is 0.278. The predicted molar refractivity (Wildman–Crippen MR) is 52.0 cm³/mol. The highest BCUT2D eigenvalue weighted by molar-refractivity contribution is 5.86. The fourth-order valence-electron chi connectivity index (χ4n) is 1.03. The molecular weight excluding hydrogens is 202 g/mol. The van der Waals surface area contributed by atoms with Gasteiger partial charge >= 0.3 is 5.97 Å². The first-order valence-electron chi connectivity index (χ1n) is 4.42. The van der Waals surface area contributed by atoms with Crippen LogP contribution >= 0.6 is 0 Å². The molecule has 0 saturated heterocycles. The van der Waals surface area contributed by atoms with Crippen molar-refractivity contribution in [1.82, 2.24) is 0 Å². The molecule has 0 atom stereocenters. The van der Waals surface area contributed by atoms with Crippen LogP contribution in [0.25, 0.3) is 6.08 Å². The average molecular weight is 212 g/mol. The molecule has 0 unspecified atom stereocenters. The van der Waals surface area contributed by atoms with Crippen LogP contribution < -0.4 is 0 Å². The Bertz CT molecular complexity index is 366. The van der Waals surface area contributed by atoms with Gasteiger partial charge in [-0.05, 0) is 30.7 Å². The van der Waals surface area contributed by atoms with Crippen LogP contribution in [0.15, 0.2) is 24.3 Å². The number of benzene rings is 1. The molecule has 0 N–H and O–H groups in total. The maximum absolute atomic E-state index is 12.7. The van der Waals surface area contributed by atoms with E-state index >= 15 is 0 Å². The normalized spacial score (nSPS) is 10.6. The zero-order valence-electron chi connectivity index (χ0n) is 8.17. The summed E-state index contributed by atoms with van der Waals surface area (Å²) >= 11 is 0. The topological polar surface area (TPSA) is 26.3 Å². The first kappa shape index (κ1) is 11.4. The zero-order chi connectivity index (χ0) is 11.3. The van der Waals surface area contributed by atoms with E-state index in [1.165, 1.54) is 6.08 Å². The summed E-state index contributed by atoms with van der Waals surface area (Å²) in [5, 5.41) is 0. The molecule has 0 aromatic heterocycles. The molecule has 1 aromatic rings. The van der Waals surface area contributed by atoms with Gasteiger partial charge in [0.2, 0.25) is 0 Å². The van der Waals surface area contributed by atoms with Crippen molar-refractivity contribution in [2.75, 3.05) is 6.61 Å². The fraction of sp³-hybridized carbons (Fsp3) is 0.182. The molecule has 0 aliphatic carbocycles. The maximum atomic E-state index is 12.7. The van der Waals surface area contributed by atoms with Gasteiger partial charge in [0.15, 0.2) is 0 Å². The Morgan fingerprint density at radius 3 is 2.47 bits per heavy atom. The highest BCUT2D eigenvalue weighted by Crippen LogP contribution is 2.09.